The molecule has 0 saturated carbocycles. The van der Waals surface area contributed by atoms with Crippen LogP contribution in [-0.4, -0.2) is 84.5 Å². The van der Waals surface area contributed by atoms with Gasteiger partial charge in [0.25, 0.3) is 0 Å². The van der Waals surface area contributed by atoms with Gasteiger partial charge in [-0.2, -0.15) is 0 Å². The maximum atomic E-state index is 13.8. The molecule has 3 heterocycles. The Morgan fingerprint density at radius 3 is 2.58 bits per heavy atom. The van der Waals surface area contributed by atoms with Crippen LogP contribution in [0.1, 0.15) is 32.6 Å². The number of nitrogens with two attached hydrogens (primary N) is 2. The zero-order valence-corrected chi connectivity index (χ0v) is 23.0. The van der Waals surface area contributed by atoms with E-state index in [0.29, 0.717) is 15.5 Å². The molecule has 0 aliphatic carbocycles. The van der Waals surface area contributed by atoms with Gasteiger partial charge in [-0.3, -0.25) is 9.36 Å². The van der Waals surface area contributed by atoms with E-state index in [-0.39, 0.29) is 23.4 Å². The molecule has 40 heavy (non-hydrogen) atoms. The Morgan fingerprint density at radius 1 is 1.23 bits per heavy atom. The number of aliphatic hydroxyl groups is 1. The number of methoxy groups -OCH3 is 1. The minimum absolute atomic E-state index is 0.0455. The normalized spacial score (nSPS) is 21.7. The maximum Gasteiger partial charge on any atom is 0.417 e. The third kappa shape index (κ3) is 5.70. The fourth-order valence-electron chi connectivity index (χ4n) is 4.38. The second-order valence-electron chi connectivity index (χ2n) is 10.1. The lowest BCUT2D eigenvalue weighted by Gasteiger charge is -2.34. The largest absolute Gasteiger partial charge is 0.467 e. The van der Waals surface area contributed by atoms with Crippen molar-refractivity contribution in [2.45, 2.75) is 63.3 Å². The van der Waals surface area contributed by atoms with Crippen LogP contribution in [0.4, 0.5) is 10.6 Å². The zero-order valence-electron chi connectivity index (χ0n) is 22.2. The zero-order chi connectivity index (χ0) is 29.4. The van der Waals surface area contributed by atoms with Gasteiger partial charge in [0.2, 0.25) is 5.91 Å². The molecule has 214 valence electrons. The molecule has 1 fully saturated rings. The van der Waals surface area contributed by atoms with Crippen LogP contribution in [0.15, 0.2) is 36.9 Å². The summed E-state index contributed by atoms with van der Waals surface area (Å²) in [6.07, 6.45) is -3.36. The highest BCUT2D eigenvalue weighted by atomic mass is 35.5. The number of rotatable bonds is 6. The van der Waals surface area contributed by atoms with Gasteiger partial charge in [-0.25, -0.2) is 29.4 Å². The van der Waals surface area contributed by atoms with Crippen molar-refractivity contribution >= 4 is 46.6 Å². The van der Waals surface area contributed by atoms with Crippen molar-refractivity contribution < 1.29 is 33.7 Å². The first-order chi connectivity index (χ1) is 18.8. The molecule has 4 rings (SSSR count). The second kappa shape index (κ2) is 11.3. The first kappa shape index (κ1) is 29.1. The van der Waals surface area contributed by atoms with E-state index < -0.39 is 54.1 Å². The first-order valence-electron chi connectivity index (χ1n) is 12.2. The van der Waals surface area contributed by atoms with Crippen LogP contribution in [0.25, 0.3) is 11.2 Å². The molecule has 5 atom stereocenters. The van der Waals surface area contributed by atoms with Gasteiger partial charge in [0.05, 0.1) is 19.5 Å². The summed E-state index contributed by atoms with van der Waals surface area (Å²) in [5.41, 5.74) is 12.1. The number of amides is 2. The molecular weight excluding hydrogens is 546 g/mol. The molecule has 5 N–H and O–H groups in total. The number of ether oxygens (including phenoxy) is 3. The molecule has 15 heteroatoms. The van der Waals surface area contributed by atoms with Crippen LogP contribution in [-0.2, 0) is 30.2 Å². The number of halogens is 1. The highest BCUT2D eigenvalue weighted by Crippen LogP contribution is 2.36. The highest BCUT2D eigenvalue weighted by Gasteiger charge is 2.56. The number of hydrogen-bond donors (Lipinski definition) is 3. The Hall–Kier alpha value is -3.85. The average Bonchev–Trinajstić information content (AvgIpc) is 3.46. The molecular formula is C25H30ClN7O7. The molecule has 1 saturated heterocycles. The lowest BCUT2D eigenvalue weighted by atomic mass is 10.0. The van der Waals surface area contributed by atoms with Gasteiger partial charge < -0.3 is 30.8 Å². The summed E-state index contributed by atoms with van der Waals surface area (Å²) in [6, 6.07) is 3.86. The molecule has 3 aromatic rings. The van der Waals surface area contributed by atoms with Crippen molar-refractivity contribution in [3.8, 4) is 0 Å². The van der Waals surface area contributed by atoms with E-state index in [9.17, 15) is 19.5 Å². The van der Waals surface area contributed by atoms with Crippen LogP contribution in [0.5, 0.6) is 0 Å². The highest BCUT2D eigenvalue weighted by molar-refractivity contribution is 6.31. The summed E-state index contributed by atoms with van der Waals surface area (Å²) < 4.78 is 17.6. The van der Waals surface area contributed by atoms with Gasteiger partial charge in [0.1, 0.15) is 29.6 Å². The topological polar surface area (TPSA) is 198 Å². The third-order valence-electron chi connectivity index (χ3n) is 6.17. The Kier molecular flexibility index (Phi) is 8.25. The molecule has 1 aromatic carbocycles. The second-order valence-corrected chi connectivity index (χ2v) is 10.5. The number of carbonyl (C=O) groups is 3. The van der Waals surface area contributed by atoms with Crippen LogP contribution in [0.2, 0.25) is 5.02 Å². The predicted molar refractivity (Wildman–Crippen MR) is 142 cm³/mol. The van der Waals surface area contributed by atoms with Gasteiger partial charge in [-0.05, 0) is 38.8 Å². The van der Waals surface area contributed by atoms with E-state index in [1.807, 2.05) is 0 Å². The number of fused-ring (bicyclic) bond motifs is 1. The number of imidazole rings is 1. The fraction of sp³-hybridized carbons (Fsp3) is 0.440. The first-order valence-corrected chi connectivity index (χ1v) is 12.6. The van der Waals surface area contributed by atoms with Gasteiger partial charge in [0, 0.05) is 5.02 Å². The van der Waals surface area contributed by atoms with E-state index in [1.165, 1.54) is 17.2 Å². The standard InChI is InChI=1S/C25H30ClN7O7/c1-25(2,3)40-24(37)33(21(35)14(27)9-12-7-5-6-8-13(12)26)16-17(34)22(39-18(16)23(36)38-4)32-11-31-15-19(28)29-10-30-20(15)32/h5-8,10-11,14,16-18,22,34H,9,27H2,1-4H3,(H2,28,29,30)/t14?,16-,17+,18-,22+/m0/s1. The van der Waals surface area contributed by atoms with Gasteiger partial charge in [0.15, 0.2) is 23.8 Å². The summed E-state index contributed by atoms with van der Waals surface area (Å²) in [6.45, 7) is 4.80. The Morgan fingerprint density at radius 2 is 1.93 bits per heavy atom. The summed E-state index contributed by atoms with van der Waals surface area (Å²) in [5, 5.41) is 11.9. The number of nitrogens with zero attached hydrogens (tertiary/aromatic N) is 5. The molecule has 14 nitrogen and oxygen atoms in total. The lowest BCUT2D eigenvalue weighted by Crippen LogP contribution is -2.60. The minimum atomic E-state index is -1.68. The number of benzene rings is 1. The number of imide groups is 1. The number of esters is 1. The molecule has 1 aliphatic heterocycles. The van der Waals surface area contributed by atoms with Crippen molar-refractivity contribution in [1.29, 1.82) is 0 Å². The summed E-state index contributed by atoms with van der Waals surface area (Å²) in [4.78, 5) is 53.0. The van der Waals surface area contributed by atoms with E-state index in [4.69, 9.17) is 37.3 Å². The van der Waals surface area contributed by atoms with Crippen LogP contribution in [0.3, 0.4) is 0 Å². The average molecular weight is 576 g/mol. The van der Waals surface area contributed by atoms with Crippen molar-refractivity contribution in [3.63, 3.8) is 0 Å². The third-order valence-corrected chi connectivity index (χ3v) is 6.54. The Labute approximate surface area is 234 Å². The number of carbonyl (C=O) groups excluding carboxylic acids is 3. The van der Waals surface area contributed by atoms with Crippen LogP contribution < -0.4 is 11.5 Å². The van der Waals surface area contributed by atoms with Crippen LogP contribution >= 0.6 is 11.6 Å². The molecule has 1 aliphatic rings. The smallest absolute Gasteiger partial charge is 0.417 e. The molecule has 2 aromatic heterocycles. The SMILES string of the molecule is COC(=O)[C@H]1O[C@@H](n2cnc3c(N)ncnc32)[C@H](O)[C@@H]1N(C(=O)OC(C)(C)C)C(=O)C(N)Cc1ccccc1Cl. The predicted octanol–water partition coefficient (Wildman–Crippen LogP) is 1.20. The van der Waals surface area contributed by atoms with Gasteiger partial charge >= 0.3 is 12.1 Å². The maximum absolute atomic E-state index is 13.8. The number of hydrogen-bond acceptors (Lipinski definition) is 12. The quantitative estimate of drug-likeness (QED) is 0.355. The van der Waals surface area contributed by atoms with E-state index in [2.05, 4.69) is 15.0 Å². The molecule has 1 unspecified atom stereocenters. The molecule has 2 amide bonds. The number of aromatic nitrogens is 4. The van der Waals surface area contributed by atoms with E-state index in [0.717, 1.165) is 7.11 Å². The Bertz CT molecular complexity index is 1430. The number of aliphatic hydroxyl groups excluding tert-OH is 1. The lowest BCUT2D eigenvalue weighted by molar-refractivity contribution is -0.158. The molecule has 0 radical (unpaired) electrons. The van der Waals surface area contributed by atoms with Gasteiger partial charge in [-0.15, -0.1) is 0 Å². The summed E-state index contributed by atoms with van der Waals surface area (Å²) >= 11 is 6.25. The summed E-state index contributed by atoms with van der Waals surface area (Å²) in [7, 11) is 1.10. The number of nitrogen functional groups attached to an aromatic ring is 1. The minimum Gasteiger partial charge on any atom is -0.467 e. The van der Waals surface area contributed by atoms with Crippen LogP contribution in [0, 0.1) is 0 Å². The number of anilines is 1. The Balaban J connectivity index is 1.76. The van der Waals surface area contributed by atoms with Gasteiger partial charge in [-0.1, -0.05) is 29.8 Å². The monoisotopic (exact) mass is 575 g/mol. The van der Waals surface area contributed by atoms with Crippen molar-refractivity contribution in [2.75, 3.05) is 12.8 Å². The van der Waals surface area contributed by atoms with E-state index >= 15 is 0 Å². The van der Waals surface area contributed by atoms with Crippen molar-refractivity contribution in [1.82, 2.24) is 24.4 Å². The van der Waals surface area contributed by atoms with Crippen molar-refractivity contribution in [2.24, 2.45) is 5.73 Å². The van der Waals surface area contributed by atoms with Crippen molar-refractivity contribution in [3.05, 3.63) is 47.5 Å². The fourth-order valence-corrected chi connectivity index (χ4v) is 4.59. The molecule has 0 spiro atoms. The molecule has 0 bridgehead atoms. The van der Waals surface area contributed by atoms with E-state index in [1.54, 1.807) is 45.0 Å². The summed E-state index contributed by atoms with van der Waals surface area (Å²) in [5.74, 6) is -1.81.